The number of carbonyl (C=O) groups is 1. The van der Waals surface area contributed by atoms with Crippen molar-refractivity contribution < 1.29 is 9.53 Å². The number of benzene rings is 2. The molecular weight excluding hydrogens is 426 g/mol. The lowest BCUT2D eigenvalue weighted by Gasteiger charge is -2.17. The van der Waals surface area contributed by atoms with Crippen LogP contribution in [0, 0.1) is 0 Å². The van der Waals surface area contributed by atoms with Crippen molar-refractivity contribution in [3.05, 3.63) is 64.0 Å². The first kappa shape index (κ1) is 21.8. The maximum Gasteiger partial charge on any atom is 0.269 e. The zero-order chi connectivity index (χ0) is 22.0. The highest BCUT2D eigenvalue weighted by atomic mass is 32.2. The monoisotopic (exact) mass is 453 g/mol. The van der Waals surface area contributed by atoms with Crippen LogP contribution in [0.4, 0.5) is 5.69 Å². The topological polar surface area (TPSA) is 45.1 Å². The Morgan fingerprint density at radius 2 is 1.90 bits per heavy atom. The minimum Gasteiger partial charge on any atom is -0.497 e. The van der Waals surface area contributed by atoms with E-state index in [2.05, 4.69) is 30.9 Å². The van der Waals surface area contributed by atoms with Crippen molar-refractivity contribution in [1.82, 2.24) is 4.90 Å². The molecule has 0 unspecified atom stereocenters. The second-order valence-corrected chi connectivity index (χ2v) is 9.55. The lowest BCUT2D eigenvalue weighted by Crippen LogP contribution is -2.31. The second kappa shape index (κ2) is 9.40. The number of amidine groups is 1. The average molecular weight is 454 g/mol. The minimum atomic E-state index is -0.0135. The fourth-order valence-corrected chi connectivity index (χ4v) is 5.98. The highest BCUT2D eigenvalue weighted by molar-refractivity contribution is 8.19. The fourth-order valence-electron chi connectivity index (χ4n) is 3.57. The summed E-state index contributed by atoms with van der Waals surface area (Å²) in [4.78, 5) is 24.2. The molecule has 0 bridgehead atoms. The average Bonchev–Trinajstić information content (AvgIpc) is 3.28. The van der Waals surface area contributed by atoms with Crippen LogP contribution in [-0.2, 0) is 4.79 Å². The van der Waals surface area contributed by atoms with Crippen molar-refractivity contribution in [1.29, 1.82) is 0 Å². The van der Waals surface area contributed by atoms with Gasteiger partial charge in [0.1, 0.15) is 10.7 Å². The molecule has 0 N–H and O–H groups in total. The van der Waals surface area contributed by atoms with E-state index in [1.54, 1.807) is 18.9 Å². The van der Waals surface area contributed by atoms with Gasteiger partial charge >= 0.3 is 0 Å². The van der Waals surface area contributed by atoms with Crippen LogP contribution in [0.2, 0.25) is 0 Å². The standard InChI is InChI=1S/C24H27N3O2S2/c1-5-6-14-27-22(28)21(31-24(27)25-16(2)17-10-8-7-9-11-17)23-26(3)19-15-18(29-4)12-13-20(19)30-23/h7-13,15-16H,5-6,14H2,1-4H3/b23-21-,25-24?/t16-/m0/s1. The predicted molar refractivity (Wildman–Crippen MR) is 131 cm³/mol. The molecule has 0 spiro atoms. The molecule has 0 saturated carbocycles. The van der Waals surface area contributed by atoms with Crippen LogP contribution < -0.4 is 9.64 Å². The SMILES string of the molecule is CCCCN1C(=O)/C(=C2/Sc3ccc(OC)cc3N2C)SC1=N[C@@H](C)c1ccccc1. The summed E-state index contributed by atoms with van der Waals surface area (Å²) in [6, 6.07) is 16.2. The molecule has 7 heteroatoms. The summed E-state index contributed by atoms with van der Waals surface area (Å²) in [5.41, 5.74) is 2.20. The molecule has 1 atom stereocenters. The number of amides is 1. The van der Waals surface area contributed by atoms with E-state index in [4.69, 9.17) is 9.73 Å². The molecule has 4 rings (SSSR count). The van der Waals surface area contributed by atoms with E-state index in [0.717, 1.165) is 49.8 Å². The van der Waals surface area contributed by atoms with Crippen LogP contribution in [-0.4, -0.2) is 36.7 Å². The third kappa shape index (κ3) is 4.34. The van der Waals surface area contributed by atoms with Gasteiger partial charge < -0.3 is 9.64 Å². The molecule has 5 nitrogen and oxygen atoms in total. The van der Waals surface area contributed by atoms with E-state index in [0.29, 0.717) is 6.54 Å². The van der Waals surface area contributed by atoms with Crippen LogP contribution in [0.25, 0.3) is 0 Å². The highest BCUT2D eigenvalue weighted by Gasteiger charge is 2.39. The minimum absolute atomic E-state index is 0.0135. The smallest absolute Gasteiger partial charge is 0.269 e. The summed E-state index contributed by atoms with van der Waals surface area (Å²) in [6.45, 7) is 4.91. The van der Waals surface area contributed by atoms with E-state index < -0.39 is 0 Å². The van der Waals surface area contributed by atoms with Gasteiger partial charge in [-0.15, -0.1) is 0 Å². The number of anilines is 1. The quantitative estimate of drug-likeness (QED) is 0.510. The van der Waals surface area contributed by atoms with Crippen LogP contribution in [0.1, 0.15) is 38.3 Å². The van der Waals surface area contributed by atoms with Crippen molar-refractivity contribution in [2.75, 3.05) is 25.6 Å². The van der Waals surface area contributed by atoms with E-state index in [1.807, 2.05) is 48.3 Å². The third-order valence-electron chi connectivity index (χ3n) is 5.42. The number of rotatable bonds is 6. The van der Waals surface area contributed by atoms with Gasteiger partial charge in [0.25, 0.3) is 5.91 Å². The van der Waals surface area contributed by atoms with Gasteiger partial charge in [-0.3, -0.25) is 14.7 Å². The number of unbranched alkanes of at least 4 members (excludes halogenated alkanes) is 1. The van der Waals surface area contributed by atoms with Gasteiger partial charge in [-0.25, -0.2) is 0 Å². The molecule has 0 radical (unpaired) electrons. The summed E-state index contributed by atoms with van der Waals surface area (Å²) in [5, 5.41) is 1.75. The Hall–Kier alpha value is -2.38. The summed E-state index contributed by atoms with van der Waals surface area (Å²) in [7, 11) is 3.67. The van der Waals surface area contributed by atoms with Gasteiger partial charge in [-0.05, 0) is 42.8 Å². The molecule has 2 aromatic rings. The van der Waals surface area contributed by atoms with Crippen molar-refractivity contribution >= 4 is 40.3 Å². The van der Waals surface area contributed by atoms with Gasteiger partial charge in [0.05, 0.1) is 23.9 Å². The fraction of sp³-hybridized carbons (Fsp3) is 0.333. The van der Waals surface area contributed by atoms with Crippen molar-refractivity contribution in [2.24, 2.45) is 4.99 Å². The Morgan fingerprint density at radius 1 is 1.13 bits per heavy atom. The molecule has 2 heterocycles. The molecule has 1 amide bonds. The van der Waals surface area contributed by atoms with Crippen LogP contribution in [0.5, 0.6) is 5.75 Å². The molecule has 0 aromatic heterocycles. The summed E-state index contributed by atoms with van der Waals surface area (Å²) >= 11 is 3.13. The Bertz CT molecular complexity index is 1040. The number of thioether (sulfide) groups is 2. The van der Waals surface area contributed by atoms with Gasteiger partial charge in [0, 0.05) is 24.6 Å². The van der Waals surface area contributed by atoms with Gasteiger partial charge in [-0.2, -0.15) is 0 Å². The first-order valence-electron chi connectivity index (χ1n) is 10.5. The number of ether oxygens (including phenoxy) is 1. The zero-order valence-electron chi connectivity index (χ0n) is 18.3. The van der Waals surface area contributed by atoms with E-state index in [9.17, 15) is 4.79 Å². The molecule has 2 aliphatic heterocycles. The van der Waals surface area contributed by atoms with Crippen molar-refractivity contribution in [3.8, 4) is 5.75 Å². The Balaban J connectivity index is 1.68. The molecule has 2 aliphatic rings. The third-order valence-corrected chi connectivity index (χ3v) is 7.86. The van der Waals surface area contributed by atoms with Gasteiger partial charge in [0.15, 0.2) is 5.17 Å². The number of hydrogen-bond donors (Lipinski definition) is 0. The first-order chi connectivity index (χ1) is 15.0. The first-order valence-corrected chi connectivity index (χ1v) is 12.1. The van der Waals surface area contributed by atoms with Crippen molar-refractivity contribution in [2.45, 2.75) is 37.6 Å². The second-order valence-electron chi connectivity index (χ2n) is 7.54. The molecule has 162 valence electrons. The van der Waals surface area contributed by atoms with Gasteiger partial charge in [0.2, 0.25) is 0 Å². The maximum atomic E-state index is 13.4. The largest absolute Gasteiger partial charge is 0.497 e. The van der Waals surface area contributed by atoms with E-state index in [1.165, 1.54) is 11.8 Å². The predicted octanol–water partition coefficient (Wildman–Crippen LogP) is 5.90. The van der Waals surface area contributed by atoms with Crippen molar-refractivity contribution in [3.63, 3.8) is 0 Å². The zero-order valence-corrected chi connectivity index (χ0v) is 19.9. The number of nitrogens with zero attached hydrogens (tertiary/aromatic N) is 3. The number of hydrogen-bond acceptors (Lipinski definition) is 6. The molecule has 31 heavy (non-hydrogen) atoms. The van der Waals surface area contributed by atoms with Crippen LogP contribution in [0.3, 0.4) is 0 Å². The maximum absolute atomic E-state index is 13.4. The summed E-state index contributed by atoms with van der Waals surface area (Å²) in [6.07, 6.45) is 1.98. The molecule has 1 fully saturated rings. The Kier molecular flexibility index (Phi) is 6.62. The number of methoxy groups -OCH3 is 1. The molecule has 1 saturated heterocycles. The van der Waals surface area contributed by atoms with E-state index >= 15 is 0 Å². The lowest BCUT2D eigenvalue weighted by atomic mass is 10.1. The lowest BCUT2D eigenvalue weighted by molar-refractivity contribution is -0.122. The van der Waals surface area contributed by atoms with Gasteiger partial charge in [-0.1, -0.05) is 55.4 Å². The number of fused-ring (bicyclic) bond motifs is 1. The Labute approximate surface area is 192 Å². The molecule has 2 aromatic carbocycles. The summed E-state index contributed by atoms with van der Waals surface area (Å²) in [5.74, 6) is 0.859. The normalized spacial score (nSPS) is 20.5. The number of carbonyl (C=O) groups excluding carboxylic acids is 1. The Morgan fingerprint density at radius 3 is 2.61 bits per heavy atom. The summed E-state index contributed by atoms with van der Waals surface area (Å²) < 4.78 is 5.38. The molecule has 0 aliphatic carbocycles. The molecular formula is C24H27N3O2S2. The van der Waals surface area contributed by atoms with Crippen LogP contribution >= 0.6 is 23.5 Å². The van der Waals surface area contributed by atoms with E-state index in [-0.39, 0.29) is 11.9 Å². The number of aliphatic imine (C=N–C) groups is 1. The highest BCUT2D eigenvalue weighted by Crippen LogP contribution is 2.51. The van der Waals surface area contributed by atoms with Crippen LogP contribution in [0.15, 0.2) is 68.4 Å².